The second-order valence-electron chi connectivity index (χ2n) is 22.9. The Morgan fingerprint density at radius 1 is 0.468 bits per heavy atom. The second kappa shape index (κ2) is 20.1. The van der Waals surface area contributed by atoms with E-state index in [4.69, 9.17) is 0 Å². The Kier molecular flexibility index (Phi) is 12.3. The second-order valence-corrected chi connectivity index (χ2v) is 22.9. The monoisotopic (exact) mass is 1010 g/mol. The van der Waals surface area contributed by atoms with Crippen LogP contribution in [0.5, 0.6) is 0 Å². The van der Waals surface area contributed by atoms with E-state index in [0.29, 0.717) is 11.8 Å². The first-order valence-corrected chi connectivity index (χ1v) is 28.4. The lowest BCUT2D eigenvalue weighted by molar-refractivity contribution is 0.506. The molecule has 14 rings (SSSR count). The van der Waals surface area contributed by atoms with Crippen molar-refractivity contribution in [2.24, 2.45) is 17.3 Å². The molecule has 1 fully saturated rings. The van der Waals surface area contributed by atoms with Gasteiger partial charge in [0.2, 0.25) is 0 Å². The molecule has 9 aromatic rings. The molecule has 4 unspecified atom stereocenters. The molecule has 0 aliphatic heterocycles. The molecule has 5 aliphatic carbocycles. The summed E-state index contributed by atoms with van der Waals surface area (Å²) in [6, 6.07) is 79.2. The molecule has 0 aromatic heterocycles. The van der Waals surface area contributed by atoms with Gasteiger partial charge in [0.25, 0.3) is 0 Å². The van der Waals surface area contributed by atoms with Gasteiger partial charge in [0, 0.05) is 10.8 Å². The average Bonchev–Trinajstić information content (AvgIpc) is 4.55. The van der Waals surface area contributed by atoms with Gasteiger partial charge in [-0.15, -0.1) is 11.5 Å². The lowest BCUT2D eigenvalue weighted by Gasteiger charge is -2.35. The molecule has 5 aliphatic rings. The van der Waals surface area contributed by atoms with Gasteiger partial charge in [0.1, 0.15) is 0 Å². The van der Waals surface area contributed by atoms with Crippen LogP contribution in [-0.4, -0.2) is 0 Å². The number of rotatable bonds is 10. The smallest absolute Gasteiger partial charge is 0.0219 e. The molecule has 0 bridgehead atoms. The van der Waals surface area contributed by atoms with Gasteiger partial charge in [-0.1, -0.05) is 244 Å². The van der Waals surface area contributed by atoms with E-state index in [1.165, 1.54) is 128 Å². The summed E-state index contributed by atoms with van der Waals surface area (Å²) < 4.78 is 0. The summed E-state index contributed by atoms with van der Waals surface area (Å²) in [7, 11) is 0. The Bertz CT molecular complexity index is 4220. The minimum absolute atomic E-state index is 0.0805. The molecule has 9 aromatic carbocycles. The fourth-order valence-electron chi connectivity index (χ4n) is 13.5. The van der Waals surface area contributed by atoms with Crippen molar-refractivity contribution in [2.75, 3.05) is 0 Å². The molecule has 0 spiro atoms. The largest absolute Gasteiger partial charge is 0.125 e. The average molecular weight is 1010 g/mol. The standard InChI is InChI=1S/C79H62/c1-78(64-36-20-9-21-37-64)44-23-38-66(74(52-78)54-24-10-5-11-25-54)62-47-63-51-71(63)70(50-62)61-40-42-69-73(49-61)77(57-30-16-8-17-31-57)68-41-39-59(48-72(68)76(69)56-28-14-7-15-29-56)58-32-22-33-60(46-58)67-43-45-79(2,65-34-18-3-4-19-35-65)53-75(67)55-26-12-6-13-27-55/h3,5-17,19-22,24-33,35-50,63,71H,18,34,51-53H2,1-2H3. The molecule has 1 saturated carbocycles. The minimum atomic E-state index is -0.201. The maximum Gasteiger partial charge on any atom is 0.0219 e. The SMILES string of the molecule is CC1(C2=CC=C=CCC2)C=CC(c2cccc(-c3ccc4c(-c5ccccc5)c5cc(C6=CC(C7=C(c8ccccc8)CC(C)(c8ccccc8)C=C=C7)=CC7CC67)ccc5c(-c5ccccc5)c4c3)c2)=C(c2ccccc2)C1. The Labute approximate surface area is 466 Å². The summed E-state index contributed by atoms with van der Waals surface area (Å²) in [6.45, 7) is 4.78. The fourth-order valence-corrected chi connectivity index (χ4v) is 13.5. The van der Waals surface area contributed by atoms with Gasteiger partial charge in [-0.05, 0) is 203 Å². The molecule has 0 heteroatoms. The lowest BCUT2D eigenvalue weighted by atomic mass is 9.69. The Hall–Kier alpha value is -9.02. The van der Waals surface area contributed by atoms with Crippen molar-refractivity contribution in [1.82, 2.24) is 0 Å². The van der Waals surface area contributed by atoms with Crippen LogP contribution in [0.3, 0.4) is 0 Å². The summed E-state index contributed by atoms with van der Waals surface area (Å²) in [5.74, 6) is 1.00. The van der Waals surface area contributed by atoms with E-state index in [-0.39, 0.29) is 10.8 Å². The van der Waals surface area contributed by atoms with Crippen molar-refractivity contribution in [2.45, 2.75) is 51.4 Å². The van der Waals surface area contributed by atoms with Crippen LogP contribution in [0.4, 0.5) is 0 Å². The van der Waals surface area contributed by atoms with Gasteiger partial charge in [-0.25, -0.2) is 0 Å². The quantitative estimate of drug-likeness (QED) is 0.0946. The third-order valence-corrected chi connectivity index (χ3v) is 17.8. The molecular formula is C79H62. The predicted octanol–water partition coefficient (Wildman–Crippen LogP) is 20.8. The van der Waals surface area contributed by atoms with E-state index in [9.17, 15) is 0 Å². The van der Waals surface area contributed by atoms with Crippen LogP contribution in [-0.2, 0) is 5.41 Å². The maximum atomic E-state index is 3.72. The maximum absolute atomic E-state index is 3.72. The number of fused-ring (bicyclic) bond motifs is 3. The van der Waals surface area contributed by atoms with Crippen molar-refractivity contribution < 1.29 is 0 Å². The first-order valence-electron chi connectivity index (χ1n) is 28.4. The topological polar surface area (TPSA) is 0 Å². The number of allylic oxidation sites excluding steroid dienone is 14. The van der Waals surface area contributed by atoms with Crippen molar-refractivity contribution in [1.29, 1.82) is 0 Å². The van der Waals surface area contributed by atoms with Crippen LogP contribution in [0.25, 0.3) is 77.2 Å². The first-order chi connectivity index (χ1) is 38.9. The van der Waals surface area contributed by atoms with Gasteiger partial charge in [0.15, 0.2) is 0 Å². The van der Waals surface area contributed by atoms with Crippen molar-refractivity contribution in [3.63, 3.8) is 0 Å². The number of hydrogen-bond donors (Lipinski definition) is 0. The zero-order chi connectivity index (χ0) is 52.9. The Morgan fingerprint density at radius 3 is 1.67 bits per heavy atom. The summed E-state index contributed by atoms with van der Waals surface area (Å²) >= 11 is 0. The van der Waals surface area contributed by atoms with Crippen molar-refractivity contribution in [3.05, 3.63) is 323 Å². The molecule has 79 heavy (non-hydrogen) atoms. The van der Waals surface area contributed by atoms with E-state index in [2.05, 4.69) is 292 Å². The molecule has 378 valence electrons. The normalized spacial score (nSPS) is 21.4. The highest BCUT2D eigenvalue weighted by molar-refractivity contribution is 6.22. The van der Waals surface area contributed by atoms with E-state index in [1.54, 1.807) is 0 Å². The summed E-state index contributed by atoms with van der Waals surface area (Å²) in [5, 5.41) is 5.06. The van der Waals surface area contributed by atoms with Crippen LogP contribution < -0.4 is 0 Å². The van der Waals surface area contributed by atoms with E-state index < -0.39 is 0 Å². The first kappa shape index (κ1) is 48.4. The highest BCUT2D eigenvalue weighted by Gasteiger charge is 2.42. The van der Waals surface area contributed by atoms with Crippen molar-refractivity contribution >= 4 is 43.8 Å². The van der Waals surface area contributed by atoms with Crippen LogP contribution in [0.15, 0.2) is 295 Å². The molecule has 4 atom stereocenters. The minimum Gasteiger partial charge on any atom is -0.125 e. The Morgan fingerprint density at radius 2 is 1.01 bits per heavy atom. The van der Waals surface area contributed by atoms with Crippen LogP contribution in [0.2, 0.25) is 0 Å². The summed E-state index contributed by atoms with van der Waals surface area (Å²) in [6.07, 6.45) is 26.2. The van der Waals surface area contributed by atoms with E-state index in [0.717, 1.165) is 25.7 Å². The molecule has 0 radical (unpaired) electrons. The van der Waals surface area contributed by atoms with Gasteiger partial charge in [0.05, 0.1) is 0 Å². The van der Waals surface area contributed by atoms with Crippen LogP contribution >= 0.6 is 0 Å². The Balaban J connectivity index is 0.911. The molecule has 0 saturated heterocycles. The van der Waals surface area contributed by atoms with E-state index in [1.807, 2.05) is 0 Å². The third kappa shape index (κ3) is 9.04. The highest BCUT2D eigenvalue weighted by Crippen LogP contribution is 2.56. The number of hydrogen-bond acceptors (Lipinski definition) is 0. The fraction of sp³-hybridized carbons (Fsp3) is 0.139. The van der Waals surface area contributed by atoms with Gasteiger partial charge in [-0.2, -0.15) is 0 Å². The lowest BCUT2D eigenvalue weighted by Crippen LogP contribution is -2.20. The third-order valence-electron chi connectivity index (χ3n) is 17.8. The molecule has 0 N–H and O–H groups in total. The summed E-state index contributed by atoms with van der Waals surface area (Å²) in [4.78, 5) is 0. The number of benzene rings is 9. The van der Waals surface area contributed by atoms with Crippen molar-refractivity contribution in [3.8, 4) is 33.4 Å². The molecular weight excluding hydrogens is 949 g/mol. The highest BCUT2D eigenvalue weighted by atomic mass is 14.5. The summed E-state index contributed by atoms with van der Waals surface area (Å²) in [5.41, 5.74) is 30.1. The van der Waals surface area contributed by atoms with Gasteiger partial charge in [-0.3, -0.25) is 0 Å². The molecule has 0 nitrogen and oxygen atoms in total. The molecule has 0 amide bonds. The van der Waals surface area contributed by atoms with E-state index >= 15 is 0 Å². The van der Waals surface area contributed by atoms with Gasteiger partial charge < -0.3 is 0 Å². The molecule has 0 heterocycles. The predicted molar refractivity (Wildman–Crippen MR) is 335 cm³/mol. The van der Waals surface area contributed by atoms with Crippen LogP contribution in [0.1, 0.15) is 73.8 Å². The zero-order valence-electron chi connectivity index (χ0n) is 45.1. The van der Waals surface area contributed by atoms with Crippen LogP contribution in [0, 0.1) is 17.3 Å². The zero-order valence-corrected chi connectivity index (χ0v) is 45.1. The van der Waals surface area contributed by atoms with Gasteiger partial charge >= 0.3 is 0 Å².